The van der Waals surface area contributed by atoms with Crippen LogP contribution >= 0.6 is 0 Å². The van der Waals surface area contributed by atoms with E-state index in [1.54, 1.807) is 0 Å². The minimum atomic E-state index is -0.792. The quantitative estimate of drug-likeness (QED) is 0.0261. The molecule has 0 heterocycles. The van der Waals surface area contributed by atoms with Gasteiger partial charge in [-0.25, -0.2) is 0 Å². The van der Waals surface area contributed by atoms with Crippen molar-refractivity contribution in [2.24, 2.45) is 0 Å². The fourth-order valence-electron chi connectivity index (χ4n) is 10.5. The summed E-state index contributed by atoms with van der Waals surface area (Å²) in [7, 11) is 0. The molecule has 0 aromatic rings. The third-order valence-corrected chi connectivity index (χ3v) is 15.9. The second kappa shape index (κ2) is 71.1. The first-order valence-electron chi connectivity index (χ1n) is 36.1. The molecular weight excluding hydrogens is 1020 g/mol. The molecule has 0 radical (unpaired) electrons. The van der Waals surface area contributed by atoms with E-state index in [0.29, 0.717) is 19.3 Å². The zero-order valence-electron chi connectivity index (χ0n) is 55.2. The molecule has 0 aliphatic carbocycles. The average molecular weight is 1160 g/mol. The minimum absolute atomic E-state index is 0.0844. The topological polar surface area (TPSA) is 78.9 Å². The number of hydrogen-bond donors (Lipinski definition) is 0. The van der Waals surface area contributed by atoms with Gasteiger partial charge in [-0.3, -0.25) is 14.4 Å². The number of carbonyl (C=O) groups excluding carboxylic acids is 3. The standard InChI is InChI=1S/C77H136O6/c1-4-7-10-13-16-19-22-25-28-30-32-33-34-35-36-37-38-39-40-41-42-43-45-46-49-52-55-58-61-64-67-70-76(79)82-73-74(72-81-75(78)69-66-63-60-57-54-51-48-27-24-21-18-15-12-9-6-3)83-77(80)71-68-65-62-59-56-53-50-47-44-31-29-26-23-20-17-14-11-8-5-2/h8,11,17-18,20-21,26-27,29-30,32,44,47-48,74H,4-7,9-10,12-16,19,22-25,28,31,33-43,45-46,49-73H2,1-3H3/b11-8-,20-17-,21-18-,29-26-,32-30-,47-44-,48-27-. The van der Waals surface area contributed by atoms with Gasteiger partial charge in [-0.2, -0.15) is 0 Å². The minimum Gasteiger partial charge on any atom is -0.462 e. The Bertz CT molecular complexity index is 1570. The van der Waals surface area contributed by atoms with E-state index in [2.05, 4.69) is 106 Å². The fourth-order valence-corrected chi connectivity index (χ4v) is 10.5. The van der Waals surface area contributed by atoms with Gasteiger partial charge in [0.25, 0.3) is 0 Å². The lowest BCUT2D eigenvalue weighted by Crippen LogP contribution is -2.30. The van der Waals surface area contributed by atoms with Gasteiger partial charge in [-0.1, -0.05) is 318 Å². The van der Waals surface area contributed by atoms with E-state index in [1.165, 1.54) is 212 Å². The largest absolute Gasteiger partial charge is 0.462 e. The lowest BCUT2D eigenvalue weighted by molar-refractivity contribution is -0.167. The van der Waals surface area contributed by atoms with Crippen LogP contribution in [0.3, 0.4) is 0 Å². The van der Waals surface area contributed by atoms with Crippen LogP contribution < -0.4 is 0 Å². The molecule has 0 aromatic heterocycles. The van der Waals surface area contributed by atoms with Crippen LogP contribution in [0.25, 0.3) is 0 Å². The van der Waals surface area contributed by atoms with E-state index in [0.717, 1.165) is 116 Å². The van der Waals surface area contributed by atoms with Crippen LogP contribution in [-0.4, -0.2) is 37.2 Å². The van der Waals surface area contributed by atoms with Gasteiger partial charge in [0.05, 0.1) is 0 Å². The Kier molecular flexibility index (Phi) is 68.2. The molecule has 0 amide bonds. The molecule has 0 saturated heterocycles. The zero-order chi connectivity index (χ0) is 59.9. The molecule has 0 fully saturated rings. The molecule has 0 bridgehead atoms. The van der Waals surface area contributed by atoms with E-state index in [4.69, 9.17) is 14.2 Å². The molecule has 6 heteroatoms. The summed E-state index contributed by atoms with van der Waals surface area (Å²) in [5, 5.41) is 0. The Balaban J connectivity index is 4.24. The first-order chi connectivity index (χ1) is 41.0. The maximum Gasteiger partial charge on any atom is 0.306 e. The second-order valence-corrected chi connectivity index (χ2v) is 24.1. The summed E-state index contributed by atoms with van der Waals surface area (Å²) in [5.74, 6) is -0.895. The van der Waals surface area contributed by atoms with Gasteiger partial charge in [-0.15, -0.1) is 0 Å². The number of ether oxygens (including phenoxy) is 3. The van der Waals surface area contributed by atoms with Crippen LogP contribution in [0.5, 0.6) is 0 Å². The summed E-state index contributed by atoms with van der Waals surface area (Å²) >= 11 is 0. The van der Waals surface area contributed by atoms with Gasteiger partial charge >= 0.3 is 17.9 Å². The SMILES string of the molecule is CC/C=C\C/C=C\C/C=C\C/C=C\CCCCCCCCC(=O)OC(COC(=O)CCCCCCC/C=C\C/C=C\CCCCC)COC(=O)CCCCCCCCCCCCCCCCCCCCC/C=C\CCCCCCCCCC. The first kappa shape index (κ1) is 79.6. The summed E-state index contributed by atoms with van der Waals surface area (Å²) in [6.45, 7) is 6.52. The lowest BCUT2D eigenvalue weighted by Gasteiger charge is -2.18. The van der Waals surface area contributed by atoms with Crippen molar-refractivity contribution in [3.8, 4) is 0 Å². The molecule has 0 aliphatic rings. The molecule has 83 heavy (non-hydrogen) atoms. The van der Waals surface area contributed by atoms with Crippen molar-refractivity contribution in [3.63, 3.8) is 0 Å². The van der Waals surface area contributed by atoms with E-state index >= 15 is 0 Å². The van der Waals surface area contributed by atoms with Gasteiger partial charge in [0, 0.05) is 19.3 Å². The first-order valence-corrected chi connectivity index (χ1v) is 36.1. The molecular formula is C77H136O6. The van der Waals surface area contributed by atoms with Gasteiger partial charge in [0.2, 0.25) is 0 Å². The van der Waals surface area contributed by atoms with Crippen LogP contribution in [0, 0.1) is 0 Å². The van der Waals surface area contributed by atoms with E-state index in [1.807, 2.05) is 0 Å². The smallest absolute Gasteiger partial charge is 0.306 e. The molecule has 0 saturated carbocycles. The van der Waals surface area contributed by atoms with Crippen molar-refractivity contribution >= 4 is 17.9 Å². The zero-order valence-corrected chi connectivity index (χ0v) is 55.2. The molecule has 0 aliphatic heterocycles. The molecule has 1 unspecified atom stereocenters. The van der Waals surface area contributed by atoms with Crippen LogP contribution in [0.2, 0.25) is 0 Å². The van der Waals surface area contributed by atoms with Crippen LogP contribution in [-0.2, 0) is 28.6 Å². The van der Waals surface area contributed by atoms with E-state index in [-0.39, 0.29) is 31.1 Å². The number of hydrogen-bond acceptors (Lipinski definition) is 6. The Morgan fingerprint density at radius 3 is 0.771 bits per heavy atom. The number of esters is 3. The highest BCUT2D eigenvalue weighted by Crippen LogP contribution is 2.18. The summed E-state index contributed by atoms with van der Waals surface area (Å²) in [6.07, 6.45) is 94.8. The highest BCUT2D eigenvalue weighted by Gasteiger charge is 2.19. The summed E-state index contributed by atoms with van der Waals surface area (Å²) < 4.78 is 17.0. The molecule has 0 aromatic carbocycles. The van der Waals surface area contributed by atoms with Gasteiger partial charge in [0.15, 0.2) is 6.10 Å². The molecule has 6 nitrogen and oxygen atoms in total. The van der Waals surface area contributed by atoms with Crippen molar-refractivity contribution in [1.82, 2.24) is 0 Å². The number of unbranched alkanes of at least 4 members (excludes halogenated alkanes) is 41. The fraction of sp³-hybridized carbons (Fsp3) is 0.779. The third kappa shape index (κ3) is 69.3. The Hall–Kier alpha value is -3.41. The molecule has 1 atom stereocenters. The van der Waals surface area contributed by atoms with Gasteiger partial charge in [0.1, 0.15) is 13.2 Å². The maximum absolute atomic E-state index is 12.9. The van der Waals surface area contributed by atoms with Crippen LogP contribution in [0.1, 0.15) is 367 Å². The van der Waals surface area contributed by atoms with Crippen molar-refractivity contribution in [2.75, 3.05) is 13.2 Å². The molecule has 480 valence electrons. The van der Waals surface area contributed by atoms with Crippen molar-refractivity contribution in [2.45, 2.75) is 374 Å². The van der Waals surface area contributed by atoms with Crippen molar-refractivity contribution in [3.05, 3.63) is 85.1 Å². The Labute approximate surface area is 515 Å². The highest BCUT2D eigenvalue weighted by molar-refractivity contribution is 5.71. The number of rotatable bonds is 66. The Morgan fingerprint density at radius 1 is 0.253 bits per heavy atom. The lowest BCUT2D eigenvalue weighted by atomic mass is 10.0. The third-order valence-electron chi connectivity index (χ3n) is 15.9. The maximum atomic E-state index is 12.9. The van der Waals surface area contributed by atoms with Gasteiger partial charge < -0.3 is 14.2 Å². The van der Waals surface area contributed by atoms with E-state index < -0.39 is 6.10 Å². The normalized spacial score (nSPS) is 12.6. The summed E-state index contributed by atoms with van der Waals surface area (Å²) in [5.41, 5.74) is 0. The van der Waals surface area contributed by atoms with Crippen molar-refractivity contribution in [1.29, 1.82) is 0 Å². The predicted molar refractivity (Wildman–Crippen MR) is 362 cm³/mol. The Morgan fingerprint density at radius 2 is 0.470 bits per heavy atom. The van der Waals surface area contributed by atoms with E-state index in [9.17, 15) is 14.4 Å². The average Bonchev–Trinajstić information content (AvgIpc) is 3.49. The highest BCUT2D eigenvalue weighted by atomic mass is 16.6. The number of allylic oxidation sites excluding steroid dienone is 14. The monoisotopic (exact) mass is 1160 g/mol. The van der Waals surface area contributed by atoms with Crippen LogP contribution in [0.15, 0.2) is 85.1 Å². The second-order valence-electron chi connectivity index (χ2n) is 24.1. The van der Waals surface area contributed by atoms with Crippen molar-refractivity contribution < 1.29 is 28.6 Å². The van der Waals surface area contributed by atoms with Gasteiger partial charge in [-0.05, 0) is 116 Å². The molecule has 0 spiro atoms. The summed E-state index contributed by atoms with van der Waals surface area (Å²) in [6, 6.07) is 0. The summed E-state index contributed by atoms with van der Waals surface area (Å²) in [4.78, 5) is 38.4. The predicted octanol–water partition coefficient (Wildman–Crippen LogP) is 25.0. The number of carbonyl (C=O) groups is 3. The molecule has 0 rings (SSSR count). The van der Waals surface area contributed by atoms with Crippen LogP contribution in [0.4, 0.5) is 0 Å². The molecule has 0 N–H and O–H groups in total.